The molecule has 0 unspecified atom stereocenters. The van der Waals surface area contributed by atoms with Crippen LogP contribution in [0, 0.1) is 0 Å². The van der Waals surface area contributed by atoms with Crippen LogP contribution in [0.5, 0.6) is 5.75 Å². The molecule has 0 spiro atoms. The summed E-state index contributed by atoms with van der Waals surface area (Å²) in [5.41, 5.74) is 2.92. The standard InChI is InChI=1S/C18H19BClNO3/c1-17(2)18(3,4)24-19(23-17)12-8-13-15-11(6-5-7-21-15)10-22-16(13)14(20)9-12/h5-9H,10H2,1-4H3. The Morgan fingerprint density at radius 1 is 1.12 bits per heavy atom. The van der Waals surface area contributed by atoms with Gasteiger partial charge < -0.3 is 14.0 Å². The topological polar surface area (TPSA) is 40.6 Å². The first-order chi connectivity index (χ1) is 11.3. The highest BCUT2D eigenvalue weighted by molar-refractivity contribution is 6.62. The van der Waals surface area contributed by atoms with Gasteiger partial charge in [-0.3, -0.25) is 4.98 Å². The minimum atomic E-state index is -0.466. The van der Waals surface area contributed by atoms with Crippen molar-refractivity contribution >= 4 is 24.2 Å². The first kappa shape index (κ1) is 15.9. The van der Waals surface area contributed by atoms with Crippen LogP contribution < -0.4 is 10.2 Å². The van der Waals surface area contributed by atoms with E-state index in [0.717, 1.165) is 22.3 Å². The number of hydrogen-bond acceptors (Lipinski definition) is 4. The Bertz CT molecular complexity index is 806. The molecule has 0 N–H and O–H groups in total. The van der Waals surface area contributed by atoms with E-state index in [9.17, 15) is 0 Å². The van der Waals surface area contributed by atoms with E-state index < -0.39 is 18.3 Å². The van der Waals surface area contributed by atoms with Crippen molar-refractivity contribution in [3.8, 4) is 17.0 Å². The molecule has 4 nitrogen and oxygen atoms in total. The predicted octanol–water partition coefficient (Wildman–Crippen LogP) is 3.59. The Kier molecular flexibility index (Phi) is 3.47. The van der Waals surface area contributed by atoms with Gasteiger partial charge in [0, 0.05) is 17.3 Å². The van der Waals surface area contributed by atoms with Gasteiger partial charge in [-0.2, -0.15) is 0 Å². The van der Waals surface area contributed by atoms with E-state index >= 15 is 0 Å². The Labute approximate surface area is 147 Å². The number of pyridine rings is 1. The summed E-state index contributed by atoms with van der Waals surface area (Å²) in [7, 11) is -0.466. The monoisotopic (exact) mass is 343 g/mol. The Hall–Kier alpha value is -1.56. The van der Waals surface area contributed by atoms with E-state index in [-0.39, 0.29) is 0 Å². The lowest BCUT2D eigenvalue weighted by atomic mass is 9.77. The van der Waals surface area contributed by atoms with Crippen LogP contribution in [0.4, 0.5) is 0 Å². The number of aromatic nitrogens is 1. The van der Waals surface area contributed by atoms with Gasteiger partial charge in [-0.25, -0.2) is 0 Å². The molecule has 1 saturated heterocycles. The maximum atomic E-state index is 6.47. The van der Waals surface area contributed by atoms with Crippen LogP contribution in [-0.2, 0) is 15.9 Å². The smallest absolute Gasteiger partial charge is 0.487 e. The van der Waals surface area contributed by atoms with Gasteiger partial charge in [0.15, 0.2) is 0 Å². The van der Waals surface area contributed by atoms with Gasteiger partial charge in [0.1, 0.15) is 12.4 Å². The zero-order valence-electron chi connectivity index (χ0n) is 14.2. The summed E-state index contributed by atoms with van der Waals surface area (Å²) in [6.45, 7) is 8.62. The van der Waals surface area contributed by atoms with Crippen molar-refractivity contribution in [2.24, 2.45) is 0 Å². The molecule has 124 valence electrons. The van der Waals surface area contributed by atoms with Crippen LogP contribution in [0.25, 0.3) is 11.3 Å². The molecule has 6 heteroatoms. The molecule has 0 aliphatic carbocycles. The third kappa shape index (κ3) is 2.34. The Balaban J connectivity index is 1.80. The fraction of sp³-hybridized carbons (Fsp3) is 0.389. The molecule has 2 aliphatic heterocycles. The van der Waals surface area contributed by atoms with Crippen molar-refractivity contribution < 1.29 is 14.0 Å². The molecule has 4 rings (SSSR count). The highest BCUT2D eigenvalue weighted by Gasteiger charge is 2.52. The average Bonchev–Trinajstić information content (AvgIpc) is 2.75. The molecule has 0 atom stereocenters. The first-order valence-electron chi connectivity index (χ1n) is 8.05. The van der Waals surface area contributed by atoms with Crippen molar-refractivity contribution in [1.29, 1.82) is 0 Å². The number of hydrogen-bond donors (Lipinski definition) is 0. The van der Waals surface area contributed by atoms with E-state index in [1.54, 1.807) is 6.20 Å². The molecule has 0 amide bonds. The zero-order valence-corrected chi connectivity index (χ0v) is 15.0. The van der Waals surface area contributed by atoms with Gasteiger partial charge in [-0.05, 0) is 51.4 Å². The van der Waals surface area contributed by atoms with Crippen LogP contribution in [0.1, 0.15) is 33.3 Å². The van der Waals surface area contributed by atoms with Crippen molar-refractivity contribution in [2.75, 3.05) is 0 Å². The van der Waals surface area contributed by atoms with E-state index in [1.165, 1.54) is 0 Å². The summed E-state index contributed by atoms with van der Waals surface area (Å²) in [6, 6.07) is 7.79. The number of halogens is 1. The molecule has 1 fully saturated rings. The molecular formula is C18H19BClNO3. The number of ether oxygens (including phenoxy) is 1. The summed E-state index contributed by atoms with van der Waals surface area (Å²) in [6.07, 6.45) is 1.78. The normalized spacial score (nSPS) is 20.3. The lowest BCUT2D eigenvalue weighted by Crippen LogP contribution is -2.41. The Morgan fingerprint density at radius 3 is 2.54 bits per heavy atom. The highest BCUT2D eigenvalue weighted by Crippen LogP contribution is 2.42. The number of nitrogens with zero attached hydrogens (tertiary/aromatic N) is 1. The quantitative estimate of drug-likeness (QED) is 0.742. The molecule has 24 heavy (non-hydrogen) atoms. The second-order valence-corrected chi connectivity index (χ2v) is 7.67. The van der Waals surface area contributed by atoms with Gasteiger partial charge in [0.25, 0.3) is 0 Å². The van der Waals surface area contributed by atoms with E-state index in [1.807, 2.05) is 52.0 Å². The summed E-state index contributed by atoms with van der Waals surface area (Å²) >= 11 is 6.47. The van der Waals surface area contributed by atoms with Gasteiger partial charge in [0.2, 0.25) is 0 Å². The highest BCUT2D eigenvalue weighted by atomic mass is 35.5. The van der Waals surface area contributed by atoms with Gasteiger partial charge in [-0.1, -0.05) is 17.7 Å². The molecule has 3 heterocycles. The summed E-state index contributed by atoms with van der Waals surface area (Å²) in [5.74, 6) is 0.670. The third-order valence-corrected chi connectivity index (χ3v) is 5.39. The van der Waals surface area contributed by atoms with Crippen LogP contribution in [0.3, 0.4) is 0 Å². The minimum absolute atomic E-state index is 0.396. The summed E-state index contributed by atoms with van der Waals surface area (Å²) in [5, 5.41) is 0.550. The van der Waals surface area contributed by atoms with Crippen molar-refractivity contribution in [2.45, 2.75) is 45.5 Å². The van der Waals surface area contributed by atoms with Crippen molar-refractivity contribution in [3.63, 3.8) is 0 Å². The van der Waals surface area contributed by atoms with Gasteiger partial charge >= 0.3 is 7.12 Å². The molecular weight excluding hydrogens is 324 g/mol. The molecule has 0 saturated carbocycles. The summed E-state index contributed by atoms with van der Waals surface area (Å²) < 4.78 is 18.1. The van der Waals surface area contributed by atoms with Crippen LogP contribution in [0.15, 0.2) is 30.5 Å². The van der Waals surface area contributed by atoms with E-state index in [2.05, 4.69) is 4.98 Å². The molecule has 2 aliphatic rings. The largest absolute Gasteiger partial charge is 0.494 e. The van der Waals surface area contributed by atoms with E-state index in [0.29, 0.717) is 17.4 Å². The maximum absolute atomic E-state index is 6.47. The molecule has 2 aromatic rings. The number of benzene rings is 1. The van der Waals surface area contributed by atoms with Crippen LogP contribution >= 0.6 is 11.6 Å². The fourth-order valence-electron chi connectivity index (χ4n) is 3.00. The van der Waals surface area contributed by atoms with Crippen molar-refractivity contribution in [1.82, 2.24) is 4.98 Å². The lowest BCUT2D eigenvalue weighted by molar-refractivity contribution is 0.00578. The lowest BCUT2D eigenvalue weighted by Gasteiger charge is -2.32. The second kappa shape index (κ2) is 5.22. The zero-order chi connectivity index (χ0) is 17.1. The molecule has 0 bridgehead atoms. The average molecular weight is 344 g/mol. The van der Waals surface area contributed by atoms with Crippen LogP contribution in [-0.4, -0.2) is 23.3 Å². The summed E-state index contributed by atoms with van der Waals surface area (Å²) in [4.78, 5) is 4.51. The number of fused-ring (bicyclic) bond motifs is 3. The van der Waals surface area contributed by atoms with Crippen molar-refractivity contribution in [3.05, 3.63) is 41.0 Å². The van der Waals surface area contributed by atoms with Gasteiger partial charge in [-0.15, -0.1) is 0 Å². The maximum Gasteiger partial charge on any atom is 0.494 e. The second-order valence-electron chi connectivity index (χ2n) is 7.27. The molecule has 1 aromatic carbocycles. The SMILES string of the molecule is CC1(C)OB(c2cc(Cl)c3c(c2)-c2ncccc2CO3)OC1(C)C. The number of rotatable bonds is 1. The first-order valence-corrected chi connectivity index (χ1v) is 8.42. The fourth-order valence-corrected chi connectivity index (χ4v) is 3.28. The third-order valence-electron chi connectivity index (χ3n) is 5.11. The van der Waals surface area contributed by atoms with E-state index in [4.69, 9.17) is 25.6 Å². The molecule has 1 aromatic heterocycles. The van der Waals surface area contributed by atoms with Crippen LogP contribution in [0.2, 0.25) is 5.02 Å². The predicted molar refractivity (Wildman–Crippen MR) is 94.7 cm³/mol. The minimum Gasteiger partial charge on any atom is -0.487 e. The molecule has 0 radical (unpaired) electrons. The Morgan fingerprint density at radius 2 is 1.83 bits per heavy atom. The van der Waals surface area contributed by atoms with Gasteiger partial charge in [0.05, 0.1) is 21.9 Å².